The Hall–Kier alpha value is -3.05. The summed E-state index contributed by atoms with van der Waals surface area (Å²) in [5, 5.41) is 0. The van der Waals surface area contributed by atoms with E-state index in [9.17, 15) is 0 Å². The minimum atomic E-state index is 0.786. The van der Waals surface area contributed by atoms with E-state index < -0.39 is 0 Å². The predicted molar refractivity (Wildman–Crippen MR) is 174 cm³/mol. The Morgan fingerprint density at radius 1 is 0.923 bits per heavy atom. The molecular weight excluding hydrogens is 496 g/mol. The molecule has 0 bridgehead atoms. The minimum Gasteiger partial charge on any atom is -0.399 e. The molecule has 39 heavy (non-hydrogen) atoms. The average molecular weight is 543 g/mol. The van der Waals surface area contributed by atoms with E-state index in [1.807, 2.05) is 18.2 Å². The lowest BCUT2D eigenvalue weighted by molar-refractivity contribution is 0.487. The van der Waals surface area contributed by atoms with Crippen molar-refractivity contribution >= 4 is 40.3 Å². The zero-order chi connectivity index (χ0) is 27.5. The van der Waals surface area contributed by atoms with E-state index in [0.717, 1.165) is 54.8 Å². The Labute approximate surface area is 240 Å². The molecule has 1 aliphatic rings. The molecule has 3 aromatic rings. The molecule has 1 heterocycles. The van der Waals surface area contributed by atoms with Crippen molar-refractivity contribution in [3.8, 4) is 0 Å². The highest BCUT2D eigenvalue weighted by atomic mass is 32.2. The first-order valence-corrected chi connectivity index (χ1v) is 15.5. The molecule has 1 fully saturated rings. The molecule has 0 saturated carbocycles. The number of nitrogens with one attached hydrogen (secondary N) is 1. The summed E-state index contributed by atoms with van der Waals surface area (Å²) < 4.78 is 3.43. The number of hydrogen-bond donors (Lipinski definition) is 2. The van der Waals surface area contributed by atoms with Crippen molar-refractivity contribution in [2.75, 3.05) is 46.4 Å². The normalized spacial score (nSPS) is 15.2. The molecular formula is C34H46N4S. The lowest BCUT2D eigenvalue weighted by Crippen LogP contribution is -2.30. The number of nitrogens with zero attached hydrogens (tertiary/aromatic N) is 2. The number of unbranched alkanes of at least 4 members (excludes halogenated alkanes) is 1. The van der Waals surface area contributed by atoms with Crippen molar-refractivity contribution in [1.29, 1.82) is 0 Å². The smallest absolute Gasteiger partial charge is 0.0444 e. The first-order chi connectivity index (χ1) is 19.1. The quantitative estimate of drug-likeness (QED) is 0.136. The van der Waals surface area contributed by atoms with Crippen LogP contribution in [0.3, 0.4) is 0 Å². The van der Waals surface area contributed by atoms with Crippen molar-refractivity contribution in [3.05, 3.63) is 84.4 Å². The number of rotatable bonds is 12. The second-order valence-corrected chi connectivity index (χ2v) is 11.7. The van der Waals surface area contributed by atoms with Gasteiger partial charge in [0.1, 0.15) is 0 Å². The molecule has 3 N–H and O–H groups in total. The van der Waals surface area contributed by atoms with Crippen molar-refractivity contribution < 1.29 is 0 Å². The Balaban J connectivity index is 1.31. The predicted octanol–water partition coefficient (Wildman–Crippen LogP) is 9.11. The van der Waals surface area contributed by atoms with Gasteiger partial charge < -0.3 is 20.3 Å². The van der Waals surface area contributed by atoms with Crippen molar-refractivity contribution in [3.63, 3.8) is 0 Å². The summed E-state index contributed by atoms with van der Waals surface area (Å²) in [6.07, 6.45) is 9.89. The van der Waals surface area contributed by atoms with Crippen LogP contribution in [0, 0.1) is 5.92 Å². The fraction of sp³-hybridized carbons (Fsp3) is 0.412. The number of nitrogens with two attached hydrogens (primary N) is 1. The zero-order valence-electron chi connectivity index (χ0n) is 24.0. The minimum absolute atomic E-state index is 0.786. The molecule has 0 amide bonds. The molecule has 208 valence electrons. The molecule has 1 unspecified atom stereocenters. The van der Waals surface area contributed by atoms with Crippen molar-refractivity contribution in [2.45, 2.75) is 64.2 Å². The van der Waals surface area contributed by atoms with Crippen LogP contribution in [0.1, 0.15) is 64.9 Å². The van der Waals surface area contributed by atoms with E-state index >= 15 is 0 Å². The topological polar surface area (TPSA) is 44.5 Å². The van der Waals surface area contributed by atoms with E-state index in [2.05, 4.69) is 96.0 Å². The Bertz CT molecular complexity index is 1190. The van der Waals surface area contributed by atoms with Gasteiger partial charge in [-0.15, -0.1) is 0 Å². The Morgan fingerprint density at radius 2 is 1.67 bits per heavy atom. The summed E-state index contributed by atoms with van der Waals surface area (Å²) in [5.74, 6) is 0.846. The summed E-state index contributed by atoms with van der Waals surface area (Å²) in [5.41, 5.74) is 13.3. The fourth-order valence-corrected chi connectivity index (χ4v) is 5.95. The lowest BCUT2D eigenvalue weighted by atomic mass is 9.96. The van der Waals surface area contributed by atoms with Crippen LogP contribution >= 0.6 is 11.9 Å². The number of anilines is 4. The van der Waals surface area contributed by atoms with Crippen LogP contribution in [-0.4, -0.2) is 26.2 Å². The monoisotopic (exact) mass is 542 g/mol. The van der Waals surface area contributed by atoms with E-state index in [4.69, 9.17) is 5.73 Å². The molecule has 4 rings (SSSR count). The van der Waals surface area contributed by atoms with Crippen molar-refractivity contribution in [2.24, 2.45) is 5.92 Å². The summed E-state index contributed by atoms with van der Waals surface area (Å²) in [6, 6.07) is 26.0. The second kappa shape index (κ2) is 14.9. The highest BCUT2D eigenvalue weighted by Crippen LogP contribution is 2.28. The third kappa shape index (κ3) is 8.72. The van der Waals surface area contributed by atoms with Gasteiger partial charge in [0.2, 0.25) is 0 Å². The zero-order valence-corrected chi connectivity index (χ0v) is 24.9. The van der Waals surface area contributed by atoms with Gasteiger partial charge in [-0.1, -0.05) is 57.4 Å². The van der Waals surface area contributed by atoms with Gasteiger partial charge in [0.15, 0.2) is 0 Å². The van der Waals surface area contributed by atoms with Crippen LogP contribution in [0.2, 0.25) is 0 Å². The summed E-state index contributed by atoms with van der Waals surface area (Å²) in [4.78, 5) is 6.20. The van der Waals surface area contributed by atoms with Crippen LogP contribution in [0.5, 0.6) is 0 Å². The summed E-state index contributed by atoms with van der Waals surface area (Å²) >= 11 is 1.59. The Morgan fingerprint density at radius 3 is 2.38 bits per heavy atom. The first kappa shape index (κ1) is 28.9. The number of nitrogen functional groups attached to an aromatic ring is 1. The van der Waals surface area contributed by atoms with Gasteiger partial charge in [-0.05, 0) is 110 Å². The molecule has 0 aliphatic carbocycles. The fourth-order valence-electron chi connectivity index (χ4n) is 5.24. The third-order valence-corrected chi connectivity index (χ3v) is 8.72. The third-order valence-electron chi connectivity index (χ3n) is 7.89. The van der Waals surface area contributed by atoms with Gasteiger partial charge in [-0.3, -0.25) is 0 Å². The molecule has 1 saturated heterocycles. The molecule has 1 atom stereocenters. The van der Waals surface area contributed by atoms with Crippen LogP contribution in [0.15, 0.2) is 83.8 Å². The number of benzene rings is 3. The summed E-state index contributed by atoms with van der Waals surface area (Å²) in [6.45, 7) is 11.1. The van der Waals surface area contributed by atoms with Crippen LogP contribution in [0.4, 0.5) is 22.7 Å². The Kier molecular flexibility index (Phi) is 11.1. The van der Waals surface area contributed by atoms with Crippen LogP contribution in [-0.2, 0) is 0 Å². The largest absolute Gasteiger partial charge is 0.399 e. The lowest BCUT2D eigenvalue weighted by Gasteiger charge is -2.25. The molecule has 3 aromatic carbocycles. The molecule has 0 spiro atoms. The van der Waals surface area contributed by atoms with E-state index in [1.54, 1.807) is 11.9 Å². The van der Waals surface area contributed by atoms with Crippen LogP contribution < -0.4 is 20.3 Å². The number of hydrogen-bond acceptors (Lipinski definition) is 5. The van der Waals surface area contributed by atoms with Gasteiger partial charge in [0.05, 0.1) is 0 Å². The SMILES string of the molecule is C/C=C(\CCCCC(C)CC)c1cccc(N2CCCN(c3ccc(NSc4cccc(N)c4)cc3)CC2)c1. The summed E-state index contributed by atoms with van der Waals surface area (Å²) in [7, 11) is 0. The molecule has 5 heteroatoms. The molecule has 0 radical (unpaired) electrons. The van der Waals surface area contributed by atoms with Gasteiger partial charge in [0.25, 0.3) is 0 Å². The molecule has 1 aliphatic heterocycles. The average Bonchev–Trinajstić information content (AvgIpc) is 3.23. The van der Waals surface area contributed by atoms with Crippen LogP contribution in [0.25, 0.3) is 5.57 Å². The first-order valence-electron chi connectivity index (χ1n) is 14.7. The highest BCUT2D eigenvalue weighted by Gasteiger charge is 2.16. The molecule has 4 nitrogen and oxygen atoms in total. The van der Waals surface area contributed by atoms with E-state index in [0.29, 0.717) is 0 Å². The maximum absolute atomic E-state index is 5.90. The highest BCUT2D eigenvalue weighted by molar-refractivity contribution is 8.00. The van der Waals surface area contributed by atoms with Gasteiger partial charge in [-0.2, -0.15) is 0 Å². The standard InChI is InChI=1S/C34H46N4S/c1-4-27(3)11-6-7-12-28(5-2)29-13-8-15-33(25-29)38-22-10-21-37(23-24-38)32-19-17-31(18-20-32)36-39-34-16-9-14-30(35)26-34/h5,8-9,13-20,25-27,36H,4,6-7,10-12,21-24,35H2,1-3H3/b28-5+. The number of allylic oxidation sites excluding steroid dienone is 2. The second-order valence-electron chi connectivity index (χ2n) is 10.8. The van der Waals surface area contributed by atoms with Gasteiger partial charge in [0, 0.05) is 53.8 Å². The maximum Gasteiger partial charge on any atom is 0.0444 e. The van der Waals surface area contributed by atoms with Crippen molar-refractivity contribution in [1.82, 2.24) is 0 Å². The van der Waals surface area contributed by atoms with Gasteiger partial charge >= 0.3 is 0 Å². The van der Waals surface area contributed by atoms with Gasteiger partial charge in [-0.25, -0.2) is 0 Å². The van der Waals surface area contributed by atoms with E-state index in [1.165, 1.54) is 54.6 Å². The van der Waals surface area contributed by atoms with E-state index in [-0.39, 0.29) is 0 Å². The molecule has 0 aromatic heterocycles. The maximum atomic E-state index is 5.90.